The summed E-state index contributed by atoms with van der Waals surface area (Å²) >= 11 is 0. The Hall–Kier alpha value is -3.92. The standard InChI is InChI=1S/C23H20FNO8/c1-29-22(27)16-11-31-12-25(20(16)23(28)30-2)17-10-19-18(32-7-8-33-19)9-15(17)21(26)13-3-5-14(24)6-4-13/h3-6,9-10H,7-8,11-12H2,1-2H3. The van der Waals surface area contributed by atoms with E-state index in [9.17, 15) is 18.8 Å². The predicted molar refractivity (Wildman–Crippen MR) is 112 cm³/mol. The Balaban J connectivity index is 1.91. The van der Waals surface area contributed by atoms with Crippen molar-refractivity contribution in [2.75, 3.05) is 45.7 Å². The van der Waals surface area contributed by atoms with Crippen LogP contribution in [0.25, 0.3) is 0 Å². The number of anilines is 1. The molecule has 2 aliphatic heterocycles. The number of methoxy groups -OCH3 is 2. The molecule has 0 atom stereocenters. The summed E-state index contributed by atoms with van der Waals surface area (Å²) in [5.74, 6) is -1.85. The lowest BCUT2D eigenvalue weighted by molar-refractivity contribution is -0.140. The van der Waals surface area contributed by atoms with E-state index in [2.05, 4.69) is 0 Å². The van der Waals surface area contributed by atoms with E-state index in [0.29, 0.717) is 24.7 Å². The van der Waals surface area contributed by atoms with Gasteiger partial charge < -0.3 is 28.6 Å². The first-order valence-corrected chi connectivity index (χ1v) is 9.93. The van der Waals surface area contributed by atoms with Crippen molar-refractivity contribution in [1.29, 1.82) is 0 Å². The number of hydrogen-bond acceptors (Lipinski definition) is 9. The molecule has 0 aromatic heterocycles. The predicted octanol–water partition coefficient (Wildman–Crippen LogP) is 2.22. The molecule has 0 spiro atoms. The molecule has 0 bridgehead atoms. The molecule has 4 rings (SSSR count). The largest absolute Gasteiger partial charge is 0.486 e. The van der Waals surface area contributed by atoms with Crippen LogP contribution >= 0.6 is 0 Å². The van der Waals surface area contributed by atoms with E-state index < -0.39 is 23.5 Å². The fourth-order valence-electron chi connectivity index (χ4n) is 3.57. The number of carbonyl (C=O) groups excluding carboxylic acids is 3. The van der Waals surface area contributed by atoms with Crippen molar-refractivity contribution in [3.8, 4) is 11.5 Å². The van der Waals surface area contributed by atoms with Crippen molar-refractivity contribution in [3.05, 3.63) is 64.6 Å². The fraction of sp³-hybridized carbons (Fsp3) is 0.261. The summed E-state index contributed by atoms with van der Waals surface area (Å²) in [7, 11) is 2.35. The van der Waals surface area contributed by atoms with E-state index in [1.807, 2.05) is 0 Å². The van der Waals surface area contributed by atoms with Crippen molar-refractivity contribution in [1.82, 2.24) is 0 Å². The molecule has 0 saturated heterocycles. The Bertz CT molecular complexity index is 1140. The summed E-state index contributed by atoms with van der Waals surface area (Å²) in [4.78, 5) is 39.8. The number of ketones is 1. The molecule has 2 heterocycles. The molecular formula is C23H20FNO8. The van der Waals surface area contributed by atoms with E-state index in [1.54, 1.807) is 0 Å². The maximum atomic E-state index is 13.4. The Morgan fingerprint density at radius 3 is 2.21 bits per heavy atom. The highest BCUT2D eigenvalue weighted by Crippen LogP contribution is 2.40. The second-order valence-corrected chi connectivity index (χ2v) is 7.06. The van der Waals surface area contributed by atoms with Crippen LogP contribution in [-0.2, 0) is 23.8 Å². The first-order chi connectivity index (χ1) is 15.9. The van der Waals surface area contributed by atoms with Gasteiger partial charge in [0, 0.05) is 11.6 Å². The van der Waals surface area contributed by atoms with E-state index in [4.69, 9.17) is 23.7 Å². The highest BCUT2D eigenvalue weighted by molar-refractivity contribution is 6.14. The van der Waals surface area contributed by atoms with Crippen LogP contribution in [0.2, 0.25) is 0 Å². The summed E-state index contributed by atoms with van der Waals surface area (Å²) in [6, 6.07) is 8.05. The van der Waals surface area contributed by atoms with Gasteiger partial charge >= 0.3 is 11.9 Å². The number of esters is 2. The lowest BCUT2D eigenvalue weighted by Crippen LogP contribution is -2.39. The van der Waals surface area contributed by atoms with Gasteiger partial charge in [-0.25, -0.2) is 14.0 Å². The lowest BCUT2D eigenvalue weighted by Gasteiger charge is -2.33. The minimum absolute atomic E-state index is 0.0642. The van der Waals surface area contributed by atoms with Gasteiger partial charge in [-0.05, 0) is 30.3 Å². The zero-order valence-corrected chi connectivity index (χ0v) is 17.9. The molecule has 0 amide bonds. The molecule has 0 N–H and O–H groups in total. The molecule has 2 aromatic rings. The number of halogens is 1. The van der Waals surface area contributed by atoms with Crippen molar-refractivity contribution >= 4 is 23.4 Å². The average Bonchev–Trinajstić information content (AvgIpc) is 2.86. The Kier molecular flexibility index (Phi) is 6.27. The monoisotopic (exact) mass is 457 g/mol. The summed E-state index contributed by atoms with van der Waals surface area (Å²) in [5, 5.41) is 0. The molecule has 9 nitrogen and oxygen atoms in total. The molecule has 33 heavy (non-hydrogen) atoms. The van der Waals surface area contributed by atoms with E-state index in [1.165, 1.54) is 55.5 Å². The lowest BCUT2D eigenvalue weighted by atomic mass is 9.99. The highest BCUT2D eigenvalue weighted by Gasteiger charge is 2.35. The molecule has 2 aromatic carbocycles. The van der Waals surface area contributed by atoms with Gasteiger partial charge in [-0.2, -0.15) is 0 Å². The van der Waals surface area contributed by atoms with Gasteiger partial charge in [0.15, 0.2) is 17.3 Å². The van der Waals surface area contributed by atoms with Crippen LogP contribution in [0.5, 0.6) is 11.5 Å². The summed E-state index contributed by atoms with van der Waals surface area (Å²) in [5.41, 5.74) is 0.368. The van der Waals surface area contributed by atoms with Crippen molar-refractivity contribution in [2.24, 2.45) is 0 Å². The number of rotatable bonds is 5. The maximum Gasteiger partial charge on any atom is 0.355 e. The zero-order chi connectivity index (χ0) is 23.5. The second-order valence-electron chi connectivity index (χ2n) is 7.06. The van der Waals surface area contributed by atoms with Gasteiger partial charge in [-0.1, -0.05) is 0 Å². The van der Waals surface area contributed by atoms with Crippen LogP contribution in [0.15, 0.2) is 47.7 Å². The number of nitrogens with zero attached hydrogens (tertiary/aromatic N) is 1. The topological polar surface area (TPSA) is 101 Å². The number of ether oxygens (including phenoxy) is 5. The molecule has 0 unspecified atom stereocenters. The molecule has 0 aliphatic carbocycles. The quantitative estimate of drug-likeness (QED) is 0.494. The van der Waals surface area contributed by atoms with Gasteiger partial charge in [0.05, 0.1) is 37.7 Å². The third-order valence-corrected chi connectivity index (χ3v) is 5.14. The van der Waals surface area contributed by atoms with E-state index >= 15 is 0 Å². The van der Waals surface area contributed by atoms with Crippen LogP contribution in [0.4, 0.5) is 10.1 Å². The van der Waals surface area contributed by atoms with Crippen LogP contribution in [0, 0.1) is 5.82 Å². The summed E-state index contributed by atoms with van der Waals surface area (Å²) < 4.78 is 39.9. The number of carbonyl (C=O) groups is 3. The van der Waals surface area contributed by atoms with Crippen molar-refractivity contribution in [2.45, 2.75) is 0 Å². The fourth-order valence-corrected chi connectivity index (χ4v) is 3.57. The first-order valence-electron chi connectivity index (χ1n) is 9.93. The van der Waals surface area contributed by atoms with E-state index in [-0.39, 0.29) is 41.4 Å². The zero-order valence-electron chi connectivity index (χ0n) is 17.9. The van der Waals surface area contributed by atoms with Gasteiger partial charge in [-0.15, -0.1) is 0 Å². The van der Waals surface area contributed by atoms with Crippen LogP contribution in [0.3, 0.4) is 0 Å². The van der Waals surface area contributed by atoms with E-state index in [0.717, 1.165) is 0 Å². The molecular weight excluding hydrogens is 437 g/mol. The Labute approximate surface area is 188 Å². The van der Waals surface area contributed by atoms with Gasteiger partial charge in [0.2, 0.25) is 0 Å². The molecule has 10 heteroatoms. The SMILES string of the molecule is COC(=O)C1=C(C(=O)OC)N(c2cc3c(cc2C(=O)c2ccc(F)cc2)OCCO3)COC1. The smallest absolute Gasteiger partial charge is 0.355 e. The molecule has 0 saturated carbocycles. The second kappa shape index (κ2) is 9.29. The Morgan fingerprint density at radius 1 is 0.939 bits per heavy atom. The van der Waals surface area contributed by atoms with Gasteiger partial charge in [0.25, 0.3) is 0 Å². The number of fused-ring (bicyclic) bond motifs is 1. The van der Waals surface area contributed by atoms with Crippen LogP contribution in [-0.4, -0.2) is 58.5 Å². The first kappa shape index (κ1) is 22.3. The molecule has 2 aliphatic rings. The minimum Gasteiger partial charge on any atom is -0.486 e. The van der Waals surface area contributed by atoms with Crippen molar-refractivity contribution < 1.29 is 42.5 Å². The molecule has 0 fully saturated rings. The number of benzene rings is 2. The molecule has 172 valence electrons. The minimum atomic E-state index is -0.811. The summed E-state index contributed by atoms with van der Waals surface area (Å²) in [6.07, 6.45) is 0. The Morgan fingerprint density at radius 2 is 1.58 bits per heavy atom. The van der Waals surface area contributed by atoms with Gasteiger partial charge in [0.1, 0.15) is 31.5 Å². The van der Waals surface area contributed by atoms with Crippen molar-refractivity contribution in [3.63, 3.8) is 0 Å². The molecule has 0 radical (unpaired) electrons. The average molecular weight is 457 g/mol. The highest BCUT2D eigenvalue weighted by atomic mass is 19.1. The van der Waals surface area contributed by atoms with Crippen LogP contribution < -0.4 is 14.4 Å². The van der Waals surface area contributed by atoms with Gasteiger partial charge in [-0.3, -0.25) is 4.79 Å². The third kappa shape index (κ3) is 4.24. The maximum absolute atomic E-state index is 13.4. The normalized spacial score (nSPS) is 15.2. The van der Waals surface area contributed by atoms with Crippen LogP contribution in [0.1, 0.15) is 15.9 Å². The summed E-state index contributed by atoms with van der Waals surface area (Å²) in [6.45, 7) is 0.248. The third-order valence-electron chi connectivity index (χ3n) is 5.14. The number of hydrogen-bond donors (Lipinski definition) is 0.